The third-order valence-corrected chi connectivity index (χ3v) is 5.07. The Morgan fingerprint density at radius 3 is 2.46 bits per heavy atom. The maximum atomic E-state index is 13.0. The number of fused-ring (bicyclic) bond motifs is 1. The number of nitrogens with one attached hydrogen (secondary N) is 1. The first-order valence-electron chi connectivity index (χ1n) is 9.17. The summed E-state index contributed by atoms with van der Waals surface area (Å²) in [5.74, 6) is -0.309. The Kier molecular flexibility index (Phi) is 5.99. The van der Waals surface area contributed by atoms with E-state index in [2.05, 4.69) is 5.32 Å². The van der Waals surface area contributed by atoms with E-state index < -0.39 is 5.69 Å². The Hall–Kier alpha value is -2.86. The van der Waals surface area contributed by atoms with Crippen LogP contribution in [0.4, 0.5) is 0 Å². The first-order chi connectivity index (χ1) is 13.4. The molecule has 146 valence electrons. The normalized spacial score (nSPS) is 12.1. The van der Waals surface area contributed by atoms with Crippen molar-refractivity contribution in [1.29, 1.82) is 0 Å². The standard InChI is InChI=1S/C21H22ClN3O3/c1-3-14(2)25-20(27)17-6-4-5-7-18(17)24(21(25)28)13-19(26)23-12-15-8-10-16(22)11-9-15/h4-11,14H,3,12-13H2,1-2H3,(H,23,26). The minimum atomic E-state index is -0.473. The van der Waals surface area contributed by atoms with Gasteiger partial charge in [-0.25, -0.2) is 4.79 Å². The predicted molar refractivity (Wildman–Crippen MR) is 111 cm³/mol. The molecule has 0 fully saturated rings. The molecule has 0 radical (unpaired) electrons. The number of hydrogen-bond donors (Lipinski definition) is 1. The molecule has 6 nitrogen and oxygen atoms in total. The van der Waals surface area contributed by atoms with Gasteiger partial charge in [0.15, 0.2) is 0 Å². The van der Waals surface area contributed by atoms with E-state index in [0.29, 0.717) is 28.9 Å². The van der Waals surface area contributed by atoms with Crippen LogP contribution in [0.1, 0.15) is 31.9 Å². The highest BCUT2D eigenvalue weighted by Crippen LogP contribution is 2.11. The van der Waals surface area contributed by atoms with Crippen molar-refractivity contribution < 1.29 is 4.79 Å². The topological polar surface area (TPSA) is 73.1 Å². The summed E-state index contributed by atoms with van der Waals surface area (Å²) in [6, 6.07) is 13.8. The quantitative estimate of drug-likeness (QED) is 0.692. The number of rotatable bonds is 6. The van der Waals surface area contributed by atoms with Crippen LogP contribution in [0.5, 0.6) is 0 Å². The number of para-hydroxylation sites is 1. The van der Waals surface area contributed by atoms with Gasteiger partial charge < -0.3 is 5.32 Å². The predicted octanol–water partition coefficient (Wildman–Crippen LogP) is 3.10. The lowest BCUT2D eigenvalue weighted by atomic mass is 10.2. The van der Waals surface area contributed by atoms with Crippen LogP contribution in [-0.4, -0.2) is 15.0 Å². The monoisotopic (exact) mass is 399 g/mol. The minimum Gasteiger partial charge on any atom is -0.350 e. The molecule has 3 aromatic rings. The van der Waals surface area contributed by atoms with Crippen LogP contribution in [0, 0.1) is 0 Å². The SMILES string of the molecule is CCC(C)n1c(=O)c2ccccc2n(CC(=O)NCc2ccc(Cl)cc2)c1=O. The molecule has 0 spiro atoms. The zero-order chi connectivity index (χ0) is 20.3. The minimum absolute atomic E-state index is 0.163. The summed E-state index contributed by atoms with van der Waals surface area (Å²) in [5, 5.41) is 3.86. The van der Waals surface area contributed by atoms with E-state index >= 15 is 0 Å². The van der Waals surface area contributed by atoms with E-state index in [0.717, 1.165) is 5.56 Å². The average Bonchev–Trinajstić information content (AvgIpc) is 2.70. The first kappa shape index (κ1) is 19.9. The molecule has 1 atom stereocenters. The number of carbonyl (C=O) groups excluding carboxylic acids is 1. The second-order valence-electron chi connectivity index (χ2n) is 6.72. The van der Waals surface area contributed by atoms with Gasteiger partial charge in [-0.1, -0.05) is 42.8 Å². The summed E-state index contributed by atoms with van der Waals surface area (Å²) in [6.45, 7) is 3.90. The van der Waals surface area contributed by atoms with Gasteiger partial charge in [0.05, 0.1) is 10.9 Å². The van der Waals surface area contributed by atoms with E-state index in [4.69, 9.17) is 11.6 Å². The number of carbonyl (C=O) groups is 1. The van der Waals surface area contributed by atoms with E-state index in [-0.39, 0.29) is 24.1 Å². The highest BCUT2D eigenvalue weighted by molar-refractivity contribution is 6.30. The number of hydrogen-bond acceptors (Lipinski definition) is 3. The van der Waals surface area contributed by atoms with Crippen LogP contribution in [0.2, 0.25) is 5.02 Å². The zero-order valence-electron chi connectivity index (χ0n) is 15.8. The molecule has 28 heavy (non-hydrogen) atoms. The summed E-state index contributed by atoms with van der Waals surface area (Å²) < 4.78 is 2.59. The Labute approximate surface area is 167 Å². The maximum absolute atomic E-state index is 13.0. The van der Waals surface area contributed by atoms with Crippen LogP contribution in [0.15, 0.2) is 58.1 Å². The Bertz CT molecular complexity index is 1120. The van der Waals surface area contributed by atoms with E-state index in [1.165, 1.54) is 9.13 Å². The van der Waals surface area contributed by atoms with Crippen LogP contribution in [0.25, 0.3) is 10.9 Å². The van der Waals surface area contributed by atoms with Crippen molar-refractivity contribution >= 4 is 28.4 Å². The fourth-order valence-electron chi connectivity index (χ4n) is 3.07. The second-order valence-corrected chi connectivity index (χ2v) is 7.16. The van der Waals surface area contributed by atoms with Crippen molar-refractivity contribution in [2.45, 2.75) is 39.4 Å². The largest absolute Gasteiger partial charge is 0.350 e. The lowest BCUT2D eigenvalue weighted by molar-refractivity contribution is -0.121. The number of aromatic nitrogens is 2. The summed E-state index contributed by atoms with van der Waals surface area (Å²) >= 11 is 5.87. The van der Waals surface area contributed by atoms with Crippen molar-refractivity contribution in [3.05, 3.63) is 80.0 Å². The number of nitrogens with zero attached hydrogens (tertiary/aromatic N) is 2. The molecule has 1 N–H and O–H groups in total. The third kappa shape index (κ3) is 4.02. The molecule has 7 heteroatoms. The average molecular weight is 400 g/mol. The zero-order valence-corrected chi connectivity index (χ0v) is 16.6. The Balaban J connectivity index is 1.93. The molecule has 0 aliphatic carbocycles. The van der Waals surface area contributed by atoms with Crippen molar-refractivity contribution in [3.63, 3.8) is 0 Å². The molecule has 0 aliphatic heterocycles. The molecule has 0 saturated carbocycles. The summed E-state index contributed by atoms with van der Waals surface area (Å²) in [5.41, 5.74) is 0.561. The molecule has 2 aromatic carbocycles. The highest BCUT2D eigenvalue weighted by Gasteiger charge is 2.17. The van der Waals surface area contributed by atoms with Gasteiger partial charge in [0.1, 0.15) is 6.54 Å². The van der Waals surface area contributed by atoms with Gasteiger partial charge in [0, 0.05) is 17.6 Å². The van der Waals surface area contributed by atoms with Gasteiger partial charge in [-0.3, -0.25) is 18.7 Å². The molecule has 0 saturated heterocycles. The van der Waals surface area contributed by atoms with Gasteiger partial charge in [-0.05, 0) is 43.2 Å². The third-order valence-electron chi connectivity index (χ3n) is 4.82. The van der Waals surface area contributed by atoms with Gasteiger partial charge in [-0.15, -0.1) is 0 Å². The molecule has 1 amide bonds. The smallest absolute Gasteiger partial charge is 0.332 e. The number of halogens is 1. The van der Waals surface area contributed by atoms with Crippen molar-refractivity contribution in [2.75, 3.05) is 0 Å². The van der Waals surface area contributed by atoms with Crippen LogP contribution in [0.3, 0.4) is 0 Å². The number of amides is 1. The molecule has 3 rings (SSSR count). The first-order valence-corrected chi connectivity index (χ1v) is 9.55. The van der Waals surface area contributed by atoms with Gasteiger partial charge in [-0.2, -0.15) is 0 Å². The number of benzene rings is 2. The van der Waals surface area contributed by atoms with Crippen molar-refractivity contribution in [2.24, 2.45) is 0 Å². The van der Waals surface area contributed by atoms with E-state index in [1.807, 2.05) is 26.0 Å². The highest BCUT2D eigenvalue weighted by atomic mass is 35.5. The molecule has 0 bridgehead atoms. The van der Waals surface area contributed by atoms with E-state index in [9.17, 15) is 14.4 Å². The molecular weight excluding hydrogens is 378 g/mol. The van der Waals surface area contributed by atoms with Crippen LogP contribution in [-0.2, 0) is 17.9 Å². The Morgan fingerprint density at radius 2 is 1.79 bits per heavy atom. The van der Waals surface area contributed by atoms with Crippen molar-refractivity contribution in [3.8, 4) is 0 Å². The molecule has 1 heterocycles. The summed E-state index contributed by atoms with van der Waals surface area (Å²) in [4.78, 5) is 38.2. The molecule has 1 unspecified atom stereocenters. The lowest BCUT2D eigenvalue weighted by Crippen LogP contribution is -2.43. The van der Waals surface area contributed by atoms with Gasteiger partial charge in [0.2, 0.25) is 5.91 Å². The maximum Gasteiger partial charge on any atom is 0.332 e. The summed E-state index contributed by atoms with van der Waals surface area (Å²) in [6.07, 6.45) is 0.635. The lowest BCUT2D eigenvalue weighted by Gasteiger charge is -2.17. The molecule has 0 aliphatic rings. The van der Waals surface area contributed by atoms with E-state index in [1.54, 1.807) is 36.4 Å². The van der Waals surface area contributed by atoms with Gasteiger partial charge in [0.25, 0.3) is 5.56 Å². The molecular formula is C21H22ClN3O3. The van der Waals surface area contributed by atoms with Crippen LogP contribution >= 0.6 is 11.6 Å². The fraction of sp³-hybridized carbons (Fsp3) is 0.286. The fourth-order valence-corrected chi connectivity index (χ4v) is 3.19. The second kappa shape index (κ2) is 8.44. The van der Waals surface area contributed by atoms with Crippen LogP contribution < -0.4 is 16.6 Å². The summed E-state index contributed by atoms with van der Waals surface area (Å²) in [7, 11) is 0. The van der Waals surface area contributed by atoms with Crippen molar-refractivity contribution in [1.82, 2.24) is 14.5 Å². The van der Waals surface area contributed by atoms with Gasteiger partial charge >= 0.3 is 5.69 Å². The molecule has 1 aromatic heterocycles. The Morgan fingerprint density at radius 1 is 1.11 bits per heavy atom.